The molecule has 5 nitrogen and oxygen atoms in total. The van der Waals surface area contributed by atoms with Gasteiger partial charge in [0.05, 0.1) is 12.5 Å². The highest BCUT2D eigenvalue weighted by atomic mass is 16.6. The van der Waals surface area contributed by atoms with Crippen molar-refractivity contribution in [3.8, 4) is 0 Å². The quantitative estimate of drug-likeness (QED) is 0.469. The molecule has 1 aliphatic carbocycles. The molecule has 1 aliphatic heterocycles. The lowest BCUT2D eigenvalue weighted by Gasteiger charge is -2.20. The van der Waals surface area contributed by atoms with Crippen molar-refractivity contribution < 1.29 is 24.2 Å². The summed E-state index contributed by atoms with van der Waals surface area (Å²) in [4.78, 5) is 23.7. The molecule has 3 atom stereocenters. The van der Waals surface area contributed by atoms with E-state index in [1.165, 1.54) is 0 Å². The van der Waals surface area contributed by atoms with Crippen LogP contribution in [0.25, 0.3) is 0 Å². The Morgan fingerprint density at radius 3 is 2.88 bits per heavy atom. The van der Waals surface area contributed by atoms with Crippen LogP contribution in [0.1, 0.15) is 46.0 Å². The molecule has 1 fully saturated rings. The second-order valence-corrected chi connectivity index (χ2v) is 6.85. The number of hydrogen-bond donors (Lipinski definition) is 1. The number of hydrogen-bond acceptors (Lipinski definition) is 5. The second-order valence-electron chi connectivity index (χ2n) is 6.85. The van der Waals surface area contributed by atoms with Crippen LogP contribution in [0.15, 0.2) is 35.5 Å². The zero-order chi connectivity index (χ0) is 18.4. The largest absolute Gasteiger partial charge is 0.461 e. The highest BCUT2D eigenvalue weighted by molar-refractivity contribution is 5.90. The van der Waals surface area contributed by atoms with E-state index in [1.54, 1.807) is 0 Å². The third kappa shape index (κ3) is 5.05. The van der Waals surface area contributed by atoms with Crippen molar-refractivity contribution in [3.05, 3.63) is 35.5 Å². The minimum Gasteiger partial charge on any atom is -0.461 e. The maximum absolute atomic E-state index is 11.9. The average molecular weight is 348 g/mol. The molecular formula is C20H28O5. The summed E-state index contributed by atoms with van der Waals surface area (Å²) >= 11 is 0. The number of esters is 2. The number of rotatable bonds is 5. The van der Waals surface area contributed by atoms with E-state index in [0.29, 0.717) is 18.4 Å². The van der Waals surface area contributed by atoms with Gasteiger partial charge in [0, 0.05) is 17.9 Å². The van der Waals surface area contributed by atoms with Crippen LogP contribution in [0.5, 0.6) is 0 Å². The van der Waals surface area contributed by atoms with Crippen LogP contribution in [0.2, 0.25) is 0 Å². The van der Waals surface area contributed by atoms with E-state index in [0.717, 1.165) is 30.4 Å². The van der Waals surface area contributed by atoms with Crippen LogP contribution in [-0.2, 0) is 19.1 Å². The fourth-order valence-corrected chi connectivity index (χ4v) is 3.08. The number of carbonyl (C=O) groups is 2. The van der Waals surface area contributed by atoms with E-state index in [9.17, 15) is 14.7 Å². The molecular weight excluding hydrogens is 320 g/mol. The fraction of sp³-hybridized carbons (Fsp3) is 0.600. The summed E-state index contributed by atoms with van der Waals surface area (Å²) in [6, 6.07) is 0. The Hall–Kier alpha value is -1.88. The maximum Gasteiger partial charge on any atom is 0.334 e. The smallest absolute Gasteiger partial charge is 0.334 e. The lowest BCUT2D eigenvalue weighted by molar-refractivity contribution is -0.147. The molecule has 5 heteroatoms. The summed E-state index contributed by atoms with van der Waals surface area (Å²) in [5, 5.41) is 9.54. The first-order chi connectivity index (χ1) is 12.0. The molecule has 0 spiro atoms. The summed E-state index contributed by atoms with van der Waals surface area (Å²) in [5.41, 5.74) is 2.38. The fourth-order valence-electron chi connectivity index (χ4n) is 3.08. The third-order valence-electron chi connectivity index (χ3n) is 5.06. The minimum absolute atomic E-state index is 0.0463. The van der Waals surface area contributed by atoms with Crippen LogP contribution in [0.3, 0.4) is 0 Å². The van der Waals surface area contributed by atoms with E-state index < -0.39 is 0 Å². The predicted molar refractivity (Wildman–Crippen MR) is 94.6 cm³/mol. The molecule has 1 unspecified atom stereocenters. The van der Waals surface area contributed by atoms with Crippen LogP contribution >= 0.6 is 0 Å². The Morgan fingerprint density at radius 2 is 2.20 bits per heavy atom. The Balaban J connectivity index is 2.11. The monoisotopic (exact) mass is 348 g/mol. The number of aliphatic hydroxyl groups is 1. The van der Waals surface area contributed by atoms with Gasteiger partial charge in [0.1, 0.15) is 12.7 Å². The SMILES string of the molecule is C=C1C(=O)O[C@H]2C/C(CO)=C\CC/C(COC(=O)C(C)CC)=C/C[C@H]12. The number of ether oxygens (including phenoxy) is 2. The van der Waals surface area contributed by atoms with E-state index in [-0.39, 0.29) is 43.1 Å². The maximum atomic E-state index is 11.9. The molecule has 1 heterocycles. The summed E-state index contributed by atoms with van der Waals surface area (Å²) in [6.07, 6.45) is 7.20. The topological polar surface area (TPSA) is 72.8 Å². The first-order valence-corrected chi connectivity index (χ1v) is 8.99. The zero-order valence-corrected chi connectivity index (χ0v) is 15.1. The van der Waals surface area contributed by atoms with Gasteiger partial charge >= 0.3 is 11.9 Å². The van der Waals surface area contributed by atoms with Crippen molar-refractivity contribution in [2.45, 2.75) is 52.1 Å². The van der Waals surface area contributed by atoms with Crippen molar-refractivity contribution >= 4 is 11.9 Å². The molecule has 0 amide bonds. The standard InChI is InChI=1S/C20H28O5/c1-4-13(2)19(22)24-12-15-6-5-7-16(11-21)10-18-17(9-8-15)14(3)20(23)25-18/h7-8,13,17-18,21H,3-6,9-12H2,1-2H3/b15-8-,16-7+/t13?,17-,18+/m1/s1. The van der Waals surface area contributed by atoms with E-state index in [1.807, 2.05) is 26.0 Å². The molecule has 0 bridgehead atoms. The zero-order valence-electron chi connectivity index (χ0n) is 15.1. The van der Waals surface area contributed by atoms with Gasteiger partial charge in [-0.1, -0.05) is 32.6 Å². The molecule has 0 radical (unpaired) electrons. The van der Waals surface area contributed by atoms with Crippen molar-refractivity contribution in [1.29, 1.82) is 0 Å². The molecule has 0 saturated carbocycles. The summed E-state index contributed by atoms with van der Waals surface area (Å²) < 4.78 is 10.8. The van der Waals surface area contributed by atoms with E-state index in [4.69, 9.17) is 9.47 Å². The molecule has 2 aliphatic rings. The van der Waals surface area contributed by atoms with Gasteiger partial charge in [-0.15, -0.1) is 0 Å². The molecule has 25 heavy (non-hydrogen) atoms. The van der Waals surface area contributed by atoms with Gasteiger partial charge in [0.25, 0.3) is 0 Å². The Morgan fingerprint density at radius 1 is 1.44 bits per heavy atom. The first kappa shape index (κ1) is 19.4. The molecule has 1 N–H and O–H groups in total. The van der Waals surface area contributed by atoms with Crippen LogP contribution in [-0.4, -0.2) is 36.4 Å². The van der Waals surface area contributed by atoms with Gasteiger partial charge in [-0.2, -0.15) is 0 Å². The van der Waals surface area contributed by atoms with Gasteiger partial charge in [-0.3, -0.25) is 4.79 Å². The van der Waals surface area contributed by atoms with Gasteiger partial charge in [0.2, 0.25) is 0 Å². The second kappa shape index (κ2) is 8.99. The Kier molecular flexibility index (Phi) is 7.00. The van der Waals surface area contributed by atoms with Gasteiger partial charge < -0.3 is 14.6 Å². The predicted octanol–water partition coefficient (Wildman–Crippen LogP) is 3.09. The van der Waals surface area contributed by atoms with Gasteiger partial charge in [0.15, 0.2) is 0 Å². The number of aliphatic hydroxyl groups excluding tert-OH is 1. The summed E-state index contributed by atoms with van der Waals surface area (Å²) in [5.74, 6) is -0.745. The molecule has 0 aromatic carbocycles. The molecule has 2 rings (SSSR count). The van der Waals surface area contributed by atoms with Crippen LogP contribution in [0, 0.1) is 11.8 Å². The number of allylic oxidation sites excluding steroid dienone is 2. The summed E-state index contributed by atoms with van der Waals surface area (Å²) in [6.45, 7) is 7.90. The lowest BCUT2D eigenvalue weighted by Crippen LogP contribution is -2.19. The Labute approximate surface area is 149 Å². The van der Waals surface area contributed by atoms with E-state index >= 15 is 0 Å². The third-order valence-corrected chi connectivity index (χ3v) is 5.06. The van der Waals surface area contributed by atoms with Crippen molar-refractivity contribution in [2.24, 2.45) is 11.8 Å². The lowest BCUT2D eigenvalue weighted by atomic mass is 9.87. The molecule has 0 aromatic heterocycles. The molecule has 138 valence electrons. The molecule has 1 saturated heterocycles. The summed E-state index contributed by atoms with van der Waals surface area (Å²) in [7, 11) is 0. The average Bonchev–Trinajstić information content (AvgIpc) is 2.88. The highest BCUT2D eigenvalue weighted by Crippen LogP contribution is 2.34. The Bertz CT molecular complexity index is 587. The van der Waals surface area contributed by atoms with Crippen molar-refractivity contribution in [3.63, 3.8) is 0 Å². The minimum atomic E-state index is -0.357. The van der Waals surface area contributed by atoms with Crippen molar-refractivity contribution in [1.82, 2.24) is 0 Å². The van der Waals surface area contributed by atoms with Gasteiger partial charge in [-0.25, -0.2) is 4.79 Å². The highest BCUT2D eigenvalue weighted by Gasteiger charge is 2.38. The van der Waals surface area contributed by atoms with Crippen LogP contribution < -0.4 is 0 Å². The first-order valence-electron chi connectivity index (χ1n) is 8.99. The number of carbonyl (C=O) groups excluding carboxylic acids is 2. The van der Waals surface area contributed by atoms with Crippen molar-refractivity contribution in [2.75, 3.05) is 13.2 Å². The van der Waals surface area contributed by atoms with Gasteiger partial charge in [-0.05, 0) is 36.8 Å². The van der Waals surface area contributed by atoms with E-state index in [2.05, 4.69) is 6.58 Å². The normalized spacial score (nSPS) is 29.6. The number of fused-ring (bicyclic) bond motifs is 1. The molecule has 0 aromatic rings. The van der Waals surface area contributed by atoms with Crippen LogP contribution in [0.4, 0.5) is 0 Å².